The van der Waals surface area contributed by atoms with Crippen LogP contribution in [-0.2, 0) is 9.59 Å². The quantitative estimate of drug-likeness (QED) is 0.694. The average molecular weight is 426 g/mol. The molecule has 6 nitrogen and oxygen atoms in total. The normalized spacial score (nSPS) is 13.3. The molecule has 2 heterocycles. The highest BCUT2D eigenvalue weighted by atomic mass is 79.9. The molecule has 4 rings (SSSR count). The van der Waals surface area contributed by atoms with Gasteiger partial charge in [0.15, 0.2) is 6.61 Å². The lowest BCUT2D eigenvalue weighted by molar-refractivity contribution is -0.123. The number of carbonyl (C=O) groups excluding carboxylic acids is 2. The van der Waals surface area contributed by atoms with E-state index in [1.54, 1.807) is 18.2 Å². The van der Waals surface area contributed by atoms with Gasteiger partial charge in [0.2, 0.25) is 5.91 Å². The van der Waals surface area contributed by atoms with Gasteiger partial charge < -0.3 is 10.1 Å². The fourth-order valence-electron chi connectivity index (χ4n) is 3.03. The number of anilines is 2. The van der Waals surface area contributed by atoms with E-state index < -0.39 is 0 Å². The number of ether oxygens (including phenoxy) is 1. The van der Waals surface area contributed by atoms with Crippen LogP contribution in [0.25, 0.3) is 10.9 Å². The van der Waals surface area contributed by atoms with Gasteiger partial charge in [-0.25, -0.2) is 0 Å². The van der Waals surface area contributed by atoms with Gasteiger partial charge in [0.1, 0.15) is 12.3 Å². The Balaban J connectivity index is 1.59. The fourth-order valence-corrected chi connectivity index (χ4v) is 3.37. The summed E-state index contributed by atoms with van der Waals surface area (Å²) in [5, 5.41) is 3.82. The van der Waals surface area contributed by atoms with Crippen LogP contribution in [0.15, 0.2) is 53.0 Å². The third-order valence-corrected chi connectivity index (χ3v) is 4.79. The second-order valence-corrected chi connectivity index (χ2v) is 7.17. The van der Waals surface area contributed by atoms with Crippen molar-refractivity contribution in [3.63, 3.8) is 0 Å². The van der Waals surface area contributed by atoms with Crippen molar-refractivity contribution in [2.24, 2.45) is 0 Å². The van der Waals surface area contributed by atoms with Gasteiger partial charge in [-0.2, -0.15) is 0 Å². The number of fused-ring (bicyclic) bond motifs is 2. The molecule has 0 spiro atoms. The monoisotopic (exact) mass is 425 g/mol. The lowest BCUT2D eigenvalue weighted by Gasteiger charge is -2.29. The molecule has 1 aliphatic heterocycles. The highest BCUT2D eigenvalue weighted by Crippen LogP contribution is 2.34. The summed E-state index contributed by atoms with van der Waals surface area (Å²) in [6.07, 6.45) is 0. The Morgan fingerprint density at radius 3 is 2.96 bits per heavy atom. The summed E-state index contributed by atoms with van der Waals surface area (Å²) in [4.78, 5) is 30.9. The van der Waals surface area contributed by atoms with E-state index in [0.717, 1.165) is 21.1 Å². The van der Waals surface area contributed by atoms with E-state index in [9.17, 15) is 9.59 Å². The number of aromatic nitrogens is 1. The maximum absolute atomic E-state index is 12.6. The Morgan fingerprint density at radius 1 is 1.26 bits per heavy atom. The topological polar surface area (TPSA) is 71.5 Å². The molecule has 0 radical (unpaired) electrons. The zero-order valence-corrected chi connectivity index (χ0v) is 16.1. The molecule has 0 bridgehead atoms. The Labute approximate surface area is 164 Å². The molecule has 0 unspecified atom stereocenters. The van der Waals surface area contributed by atoms with Crippen molar-refractivity contribution in [3.05, 3.63) is 58.7 Å². The maximum atomic E-state index is 12.6. The molecule has 3 aromatic rings. The van der Waals surface area contributed by atoms with Gasteiger partial charge in [-0.05, 0) is 37.3 Å². The summed E-state index contributed by atoms with van der Waals surface area (Å²) < 4.78 is 6.30. The van der Waals surface area contributed by atoms with Crippen LogP contribution in [0.5, 0.6) is 5.75 Å². The van der Waals surface area contributed by atoms with Gasteiger partial charge in [0, 0.05) is 15.6 Å². The van der Waals surface area contributed by atoms with E-state index in [0.29, 0.717) is 17.1 Å². The number of hydrogen-bond donors (Lipinski definition) is 1. The molecule has 0 saturated heterocycles. The van der Waals surface area contributed by atoms with Crippen LogP contribution < -0.4 is 15.0 Å². The van der Waals surface area contributed by atoms with Crippen molar-refractivity contribution >= 4 is 50.0 Å². The smallest absolute Gasteiger partial charge is 0.265 e. The van der Waals surface area contributed by atoms with Gasteiger partial charge in [-0.15, -0.1) is 0 Å². The third-order valence-electron chi connectivity index (χ3n) is 4.30. The van der Waals surface area contributed by atoms with Crippen LogP contribution >= 0.6 is 15.9 Å². The van der Waals surface area contributed by atoms with E-state index in [4.69, 9.17) is 4.74 Å². The number of nitrogens with one attached hydrogen (secondary N) is 1. The Bertz CT molecular complexity index is 1070. The molecule has 1 N–H and O–H groups in total. The minimum atomic E-state index is -0.296. The number of pyridine rings is 1. The van der Waals surface area contributed by atoms with Crippen LogP contribution in [0.1, 0.15) is 5.69 Å². The first-order valence-electron chi connectivity index (χ1n) is 8.40. The number of halogens is 1. The van der Waals surface area contributed by atoms with Crippen LogP contribution in [0.2, 0.25) is 0 Å². The lowest BCUT2D eigenvalue weighted by atomic mass is 10.1. The summed E-state index contributed by atoms with van der Waals surface area (Å²) in [5.74, 6) is 0.0148. The second-order valence-electron chi connectivity index (χ2n) is 6.26. The van der Waals surface area contributed by atoms with Crippen molar-refractivity contribution in [1.29, 1.82) is 0 Å². The molecule has 1 aromatic heterocycles. The highest BCUT2D eigenvalue weighted by Gasteiger charge is 2.27. The lowest BCUT2D eigenvalue weighted by Crippen LogP contribution is -2.43. The van der Waals surface area contributed by atoms with Gasteiger partial charge in [0.25, 0.3) is 5.91 Å². The summed E-state index contributed by atoms with van der Waals surface area (Å²) in [6.45, 7) is 1.71. The predicted octanol–water partition coefficient (Wildman–Crippen LogP) is 3.67. The number of para-hydroxylation sites is 1. The molecule has 0 atom stereocenters. The van der Waals surface area contributed by atoms with Crippen LogP contribution in [0.4, 0.5) is 11.4 Å². The predicted molar refractivity (Wildman–Crippen MR) is 107 cm³/mol. The molecule has 0 fully saturated rings. The van der Waals surface area contributed by atoms with Gasteiger partial charge in [-0.3, -0.25) is 19.5 Å². The van der Waals surface area contributed by atoms with Crippen molar-refractivity contribution in [2.45, 2.75) is 6.92 Å². The van der Waals surface area contributed by atoms with Crippen LogP contribution in [-0.4, -0.2) is 29.9 Å². The average Bonchev–Trinajstić information content (AvgIpc) is 2.64. The fraction of sp³-hybridized carbons (Fsp3) is 0.150. The molecular weight excluding hydrogens is 410 g/mol. The SMILES string of the molecule is Cc1ccc2cccc(NC(=O)CN3C(=O)COc4cc(Br)ccc43)c2n1. The largest absolute Gasteiger partial charge is 0.482 e. The number of amides is 2. The molecular formula is C20H16BrN3O3. The van der Waals surface area contributed by atoms with Crippen molar-refractivity contribution in [3.8, 4) is 5.75 Å². The molecule has 27 heavy (non-hydrogen) atoms. The Kier molecular flexibility index (Phi) is 4.53. The maximum Gasteiger partial charge on any atom is 0.265 e. The van der Waals surface area contributed by atoms with Gasteiger partial charge in [-0.1, -0.05) is 34.1 Å². The summed E-state index contributed by atoms with van der Waals surface area (Å²) in [6, 6.07) is 14.8. The van der Waals surface area contributed by atoms with Crippen molar-refractivity contribution in [1.82, 2.24) is 4.98 Å². The second kappa shape index (κ2) is 7.00. The number of nitrogens with zero attached hydrogens (tertiary/aromatic N) is 2. The molecule has 2 amide bonds. The molecule has 136 valence electrons. The number of hydrogen-bond acceptors (Lipinski definition) is 4. The highest BCUT2D eigenvalue weighted by molar-refractivity contribution is 9.10. The van der Waals surface area contributed by atoms with E-state index in [1.807, 2.05) is 37.3 Å². The molecule has 0 aliphatic carbocycles. The minimum absolute atomic E-state index is 0.0915. The zero-order valence-electron chi connectivity index (χ0n) is 14.5. The summed E-state index contributed by atoms with van der Waals surface area (Å²) in [5.41, 5.74) is 2.80. The van der Waals surface area contributed by atoms with Gasteiger partial charge >= 0.3 is 0 Å². The van der Waals surface area contributed by atoms with E-state index in [-0.39, 0.29) is 25.0 Å². The van der Waals surface area contributed by atoms with E-state index in [1.165, 1.54) is 4.90 Å². The number of aryl methyl sites for hydroxylation is 1. The number of carbonyl (C=O) groups is 2. The van der Waals surface area contributed by atoms with E-state index in [2.05, 4.69) is 26.2 Å². The third kappa shape index (κ3) is 3.50. The molecule has 2 aromatic carbocycles. The number of rotatable bonds is 3. The van der Waals surface area contributed by atoms with Gasteiger partial charge in [0.05, 0.1) is 16.9 Å². The van der Waals surface area contributed by atoms with Crippen molar-refractivity contribution < 1.29 is 14.3 Å². The Hall–Kier alpha value is -2.93. The molecule has 7 heteroatoms. The van der Waals surface area contributed by atoms with Crippen molar-refractivity contribution in [2.75, 3.05) is 23.4 Å². The zero-order chi connectivity index (χ0) is 19.0. The first-order chi connectivity index (χ1) is 13.0. The van der Waals surface area contributed by atoms with E-state index >= 15 is 0 Å². The summed E-state index contributed by atoms with van der Waals surface area (Å²) in [7, 11) is 0. The Morgan fingerprint density at radius 2 is 2.11 bits per heavy atom. The number of benzene rings is 2. The first kappa shape index (κ1) is 17.5. The van der Waals surface area contributed by atoms with Crippen LogP contribution in [0.3, 0.4) is 0 Å². The first-order valence-corrected chi connectivity index (χ1v) is 9.19. The summed E-state index contributed by atoms with van der Waals surface area (Å²) >= 11 is 3.38. The standard InChI is InChI=1S/C20H16BrN3O3/c1-12-5-6-13-3-2-4-15(20(13)22-12)23-18(25)10-24-16-8-7-14(21)9-17(16)27-11-19(24)26/h2-9H,10-11H2,1H3,(H,23,25). The molecule has 1 aliphatic rings. The molecule has 0 saturated carbocycles. The van der Waals surface area contributed by atoms with Crippen LogP contribution in [0, 0.1) is 6.92 Å². The minimum Gasteiger partial charge on any atom is -0.482 e.